The minimum atomic E-state index is 0.518. The summed E-state index contributed by atoms with van der Waals surface area (Å²) in [5, 5.41) is 0. The van der Waals surface area contributed by atoms with Crippen molar-refractivity contribution in [3.8, 4) is 0 Å². The number of aryl methyl sites for hydroxylation is 1. The van der Waals surface area contributed by atoms with Crippen molar-refractivity contribution in [2.75, 3.05) is 13.2 Å². The summed E-state index contributed by atoms with van der Waals surface area (Å²) in [6.45, 7) is 3.82. The number of hydrogen-bond donors (Lipinski definition) is 0. The Morgan fingerprint density at radius 3 is 2.94 bits per heavy atom. The van der Waals surface area contributed by atoms with Crippen molar-refractivity contribution in [1.82, 2.24) is 9.38 Å². The van der Waals surface area contributed by atoms with Crippen molar-refractivity contribution in [3.05, 3.63) is 34.3 Å². The monoisotopic (exact) mass is 294 g/mol. The van der Waals surface area contributed by atoms with Crippen LogP contribution >= 0.6 is 15.9 Å². The highest BCUT2D eigenvalue weighted by Crippen LogP contribution is 2.30. The highest BCUT2D eigenvalue weighted by Gasteiger charge is 2.22. The van der Waals surface area contributed by atoms with Gasteiger partial charge in [-0.25, -0.2) is 4.98 Å². The molecular weight excluding hydrogens is 280 g/mol. The van der Waals surface area contributed by atoms with Crippen LogP contribution in [0, 0.1) is 6.92 Å². The fourth-order valence-corrected chi connectivity index (χ4v) is 3.21. The number of ether oxygens (including phenoxy) is 1. The van der Waals surface area contributed by atoms with Gasteiger partial charge in [-0.05, 0) is 47.3 Å². The Hall–Kier alpha value is -0.870. The van der Waals surface area contributed by atoms with E-state index in [1.54, 1.807) is 0 Å². The van der Waals surface area contributed by atoms with E-state index in [1.165, 1.54) is 16.9 Å². The first-order valence-corrected chi connectivity index (χ1v) is 6.77. The molecule has 1 saturated heterocycles. The molecule has 3 nitrogen and oxygen atoms in total. The number of rotatable bonds is 1. The van der Waals surface area contributed by atoms with Crippen molar-refractivity contribution in [2.24, 2.45) is 0 Å². The second-order valence-corrected chi connectivity index (χ2v) is 5.31. The third-order valence-corrected chi connectivity index (χ3v) is 3.99. The number of hydrogen-bond acceptors (Lipinski definition) is 2. The molecule has 0 bridgehead atoms. The zero-order chi connectivity index (χ0) is 11.8. The fraction of sp³-hybridized carbons (Fsp3) is 0.462. The standard InChI is InChI=1S/C13H15BrN2O/c1-9-3-2-6-16-11(9)12(14)15-13(16)10-4-7-17-8-5-10/h2-3,6,10H,4-5,7-8H2,1H3. The van der Waals surface area contributed by atoms with E-state index in [9.17, 15) is 0 Å². The van der Waals surface area contributed by atoms with E-state index in [2.05, 4.69) is 45.6 Å². The molecule has 1 fully saturated rings. The normalized spacial score (nSPS) is 17.8. The van der Waals surface area contributed by atoms with Crippen molar-refractivity contribution in [3.63, 3.8) is 0 Å². The molecule has 0 amide bonds. The van der Waals surface area contributed by atoms with Gasteiger partial charge in [0.1, 0.15) is 10.4 Å². The van der Waals surface area contributed by atoms with Gasteiger partial charge >= 0.3 is 0 Å². The van der Waals surface area contributed by atoms with Gasteiger partial charge in [-0.3, -0.25) is 0 Å². The lowest BCUT2D eigenvalue weighted by atomic mass is 9.99. The maximum Gasteiger partial charge on any atom is 0.132 e. The van der Waals surface area contributed by atoms with E-state index in [-0.39, 0.29) is 0 Å². The molecule has 0 N–H and O–H groups in total. The molecule has 2 aromatic heterocycles. The fourth-order valence-electron chi connectivity index (χ4n) is 2.52. The summed E-state index contributed by atoms with van der Waals surface area (Å²) in [4.78, 5) is 4.70. The van der Waals surface area contributed by atoms with Gasteiger partial charge < -0.3 is 9.14 Å². The first kappa shape index (κ1) is 11.2. The summed E-state index contributed by atoms with van der Waals surface area (Å²) in [5.74, 6) is 1.68. The number of imidazole rings is 1. The SMILES string of the molecule is Cc1cccn2c(C3CCOCC3)nc(Br)c12. The number of pyridine rings is 1. The van der Waals surface area contributed by atoms with E-state index in [0.29, 0.717) is 5.92 Å². The highest BCUT2D eigenvalue weighted by atomic mass is 79.9. The lowest BCUT2D eigenvalue weighted by molar-refractivity contribution is 0.0835. The average Bonchev–Trinajstić information content (AvgIpc) is 2.69. The van der Waals surface area contributed by atoms with Crippen LogP contribution in [0.5, 0.6) is 0 Å². The summed E-state index contributed by atoms with van der Waals surface area (Å²) in [6.07, 6.45) is 4.24. The second kappa shape index (κ2) is 4.42. The Bertz CT molecular complexity index is 544. The Labute approximate surface area is 109 Å². The molecule has 3 rings (SSSR count). The van der Waals surface area contributed by atoms with Crippen LogP contribution in [0.4, 0.5) is 0 Å². The molecule has 0 saturated carbocycles. The maximum atomic E-state index is 5.42. The molecule has 0 aromatic carbocycles. The molecule has 0 radical (unpaired) electrons. The number of aromatic nitrogens is 2. The van der Waals surface area contributed by atoms with Crippen molar-refractivity contribution in [2.45, 2.75) is 25.7 Å². The quantitative estimate of drug-likeness (QED) is 0.807. The Kier molecular flexibility index (Phi) is 2.92. The predicted molar refractivity (Wildman–Crippen MR) is 70.4 cm³/mol. The summed E-state index contributed by atoms with van der Waals surface area (Å²) in [5.41, 5.74) is 2.44. The van der Waals surface area contributed by atoms with Gasteiger partial charge in [-0.1, -0.05) is 6.07 Å². The molecule has 0 unspecified atom stereocenters. The van der Waals surface area contributed by atoms with Gasteiger partial charge in [0, 0.05) is 25.3 Å². The first-order valence-electron chi connectivity index (χ1n) is 5.98. The number of fused-ring (bicyclic) bond motifs is 1. The smallest absolute Gasteiger partial charge is 0.132 e. The summed E-state index contributed by atoms with van der Waals surface area (Å²) in [6, 6.07) is 4.20. The molecule has 17 heavy (non-hydrogen) atoms. The van der Waals surface area contributed by atoms with E-state index in [1.807, 2.05) is 0 Å². The van der Waals surface area contributed by atoms with Crippen LogP contribution in [-0.2, 0) is 4.74 Å². The molecule has 0 atom stereocenters. The van der Waals surface area contributed by atoms with Crippen molar-refractivity contribution >= 4 is 21.4 Å². The Morgan fingerprint density at radius 1 is 1.41 bits per heavy atom. The molecule has 4 heteroatoms. The molecule has 3 heterocycles. The zero-order valence-corrected chi connectivity index (χ0v) is 11.4. The van der Waals surface area contributed by atoms with Crippen molar-refractivity contribution < 1.29 is 4.74 Å². The van der Waals surface area contributed by atoms with E-state index >= 15 is 0 Å². The molecule has 1 aliphatic heterocycles. The lowest BCUT2D eigenvalue weighted by Crippen LogP contribution is -2.16. The Morgan fingerprint density at radius 2 is 2.18 bits per heavy atom. The number of halogens is 1. The van der Waals surface area contributed by atoms with Gasteiger partial charge in [0.2, 0.25) is 0 Å². The zero-order valence-electron chi connectivity index (χ0n) is 9.82. The third-order valence-electron chi connectivity index (χ3n) is 3.44. The molecule has 1 aliphatic rings. The van der Waals surface area contributed by atoms with Crippen LogP contribution in [0.3, 0.4) is 0 Å². The molecule has 90 valence electrons. The third kappa shape index (κ3) is 1.89. The summed E-state index contributed by atoms with van der Waals surface area (Å²) in [7, 11) is 0. The van der Waals surface area contributed by atoms with Gasteiger partial charge in [0.05, 0.1) is 5.52 Å². The average molecular weight is 295 g/mol. The Balaban J connectivity index is 2.13. The van der Waals surface area contributed by atoms with E-state index in [4.69, 9.17) is 9.72 Å². The topological polar surface area (TPSA) is 26.5 Å². The van der Waals surface area contributed by atoms with Crippen LogP contribution in [0.2, 0.25) is 0 Å². The second-order valence-electron chi connectivity index (χ2n) is 4.56. The summed E-state index contributed by atoms with van der Waals surface area (Å²) >= 11 is 3.57. The van der Waals surface area contributed by atoms with Gasteiger partial charge in [0.15, 0.2) is 0 Å². The maximum absolute atomic E-state index is 5.42. The molecule has 0 aliphatic carbocycles. The minimum absolute atomic E-state index is 0.518. The van der Waals surface area contributed by atoms with Gasteiger partial charge in [-0.15, -0.1) is 0 Å². The number of nitrogens with zero attached hydrogens (tertiary/aromatic N) is 2. The largest absolute Gasteiger partial charge is 0.381 e. The van der Waals surface area contributed by atoms with E-state index < -0.39 is 0 Å². The molecule has 2 aromatic rings. The van der Waals surface area contributed by atoms with Crippen LogP contribution < -0.4 is 0 Å². The van der Waals surface area contributed by atoms with Gasteiger partial charge in [-0.2, -0.15) is 0 Å². The van der Waals surface area contributed by atoms with Crippen LogP contribution in [0.15, 0.2) is 22.9 Å². The lowest BCUT2D eigenvalue weighted by Gasteiger charge is -2.20. The first-order chi connectivity index (χ1) is 8.27. The van der Waals surface area contributed by atoms with Crippen LogP contribution in [0.1, 0.15) is 30.1 Å². The van der Waals surface area contributed by atoms with Crippen molar-refractivity contribution in [1.29, 1.82) is 0 Å². The summed E-state index contributed by atoms with van der Waals surface area (Å²) < 4.78 is 8.59. The minimum Gasteiger partial charge on any atom is -0.381 e. The van der Waals surface area contributed by atoms with Crippen LogP contribution in [0.25, 0.3) is 5.52 Å². The van der Waals surface area contributed by atoms with E-state index in [0.717, 1.165) is 30.7 Å². The highest BCUT2D eigenvalue weighted by molar-refractivity contribution is 9.10. The van der Waals surface area contributed by atoms with Crippen LogP contribution in [-0.4, -0.2) is 22.6 Å². The predicted octanol–water partition coefficient (Wildman–Crippen LogP) is 3.30. The van der Waals surface area contributed by atoms with Gasteiger partial charge in [0.25, 0.3) is 0 Å². The molecule has 0 spiro atoms. The molecular formula is C13H15BrN2O.